The van der Waals surface area contributed by atoms with Gasteiger partial charge < -0.3 is 14.8 Å². The molecule has 24 heavy (non-hydrogen) atoms. The van der Waals surface area contributed by atoms with E-state index < -0.39 is 5.60 Å². The third kappa shape index (κ3) is 3.08. The van der Waals surface area contributed by atoms with E-state index in [1.165, 1.54) is 0 Å². The maximum atomic E-state index is 12.8. The first-order valence-corrected chi connectivity index (χ1v) is 8.36. The smallest absolute Gasteiger partial charge is 0.256 e. The highest BCUT2D eigenvalue weighted by atomic mass is 16.5. The molecular formula is C19H24N2O3. The molecule has 1 N–H and O–H groups in total. The Labute approximate surface area is 142 Å². The summed E-state index contributed by atoms with van der Waals surface area (Å²) in [6, 6.07) is 7.51. The van der Waals surface area contributed by atoms with Crippen LogP contribution in [-0.2, 0) is 9.53 Å². The largest absolute Gasteiger partial charge is 0.489 e. The Balaban J connectivity index is 1.94. The number of carbonyl (C=O) groups is 1. The molecule has 1 aliphatic rings. The van der Waals surface area contributed by atoms with Crippen LogP contribution in [0.4, 0.5) is 5.69 Å². The van der Waals surface area contributed by atoms with E-state index in [2.05, 4.69) is 10.3 Å². The van der Waals surface area contributed by atoms with Crippen LogP contribution in [0.25, 0.3) is 10.9 Å². The highest BCUT2D eigenvalue weighted by molar-refractivity contribution is 6.05. The van der Waals surface area contributed by atoms with Gasteiger partial charge in [-0.05, 0) is 63.8 Å². The molecule has 1 fully saturated rings. The zero-order valence-corrected chi connectivity index (χ0v) is 14.6. The Morgan fingerprint density at radius 2 is 2.08 bits per heavy atom. The third-order valence-electron chi connectivity index (χ3n) is 4.57. The van der Waals surface area contributed by atoms with Gasteiger partial charge in [0.25, 0.3) is 5.91 Å². The SMILES string of the molecule is COC(C)(C(=O)Nc1ccc(OC(C)C)c2ncccc12)C1CC1. The molecule has 5 nitrogen and oxygen atoms in total. The number of hydrogen-bond acceptors (Lipinski definition) is 4. The number of amides is 1. The van der Waals surface area contributed by atoms with Gasteiger partial charge in [-0.3, -0.25) is 9.78 Å². The van der Waals surface area contributed by atoms with Gasteiger partial charge in [0.05, 0.1) is 11.8 Å². The molecule has 1 aliphatic carbocycles. The van der Waals surface area contributed by atoms with Crippen molar-refractivity contribution in [3.63, 3.8) is 0 Å². The summed E-state index contributed by atoms with van der Waals surface area (Å²) >= 11 is 0. The van der Waals surface area contributed by atoms with E-state index in [0.717, 1.165) is 35.2 Å². The van der Waals surface area contributed by atoms with Gasteiger partial charge in [-0.1, -0.05) is 0 Å². The summed E-state index contributed by atoms with van der Waals surface area (Å²) in [5, 5.41) is 3.88. The van der Waals surface area contributed by atoms with Gasteiger partial charge >= 0.3 is 0 Å². The number of hydrogen-bond donors (Lipinski definition) is 1. The minimum atomic E-state index is -0.790. The number of carbonyl (C=O) groups excluding carboxylic acids is 1. The third-order valence-corrected chi connectivity index (χ3v) is 4.57. The average Bonchev–Trinajstić information content (AvgIpc) is 3.41. The summed E-state index contributed by atoms with van der Waals surface area (Å²) in [7, 11) is 1.59. The number of methoxy groups -OCH3 is 1. The van der Waals surface area contributed by atoms with Crippen molar-refractivity contribution in [3.8, 4) is 5.75 Å². The van der Waals surface area contributed by atoms with Gasteiger partial charge in [0.1, 0.15) is 16.9 Å². The number of benzene rings is 1. The van der Waals surface area contributed by atoms with Crippen LogP contribution in [0.15, 0.2) is 30.5 Å². The fourth-order valence-corrected chi connectivity index (χ4v) is 2.93. The molecule has 3 rings (SSSR count). The highest BCUT2D eigenvalue weighted by Crippen LogP contribution is 2.42. The van der Waals surface area contributed by atoms with E-state index in [1.807, 2.05) is 45.0 Å². The molecule has 0 radical (unpaired) electrons. The van der Waals surface area contributed by atoms with Crippen LogP contribution in [0.3, 0.4) is 0 Å². The summed E-state index contributed by atoms with van der Waals surface area (Å²) < 4.78 is 11.4. The lowest BCUT2D eigenvalue weighted by atomic mass is 9.98. The lowest BCUT2D eigenvalue weighted by molar-refractivity contribution is -0.138. The van der Waals surface area contributed by atoms with E-state index in [9.17, 15) is 4.79 Å². The second-order valence-electron chi connectivity index (χ2n) is 6.72. The molecule has 1 amide bonds. The first-order valence-electron chi connectivity index (χ1n) is 8.36. The second kappa shape index (κ2) is 6.40. The minimum Gasteiger partial charge on any atom is -0.489 e. The van der Waals surface area contributed by atoms with Crippen LogP contribution in [0.1, 0.15) is 33.6 Å². The molecule has 1 aromatic carbocycles. The summed E-state index contributed by atoms with van der Waals surface area (Å²) in [6.45, 7) is 5.81. The number of aromatic nitrogens is 1. The lowest BCUT2D eigenvalue weighted by Crippen LogP contribution is -2.44. The van der Waals surface area contributed by atoms with Crippen molar-refractivity contribution < 1.29 is 14.3 Å². The Kier molecular flexibility index (Phi) is 4.45. The van der Waals surface area contributed by atoms with Crippen LogP contribution >= 0.6 is 0 Å². The first-order chi connectivity index (χ1) is 11.5. The van der Waals surface area contributed by atoms with Gasteiger partial charge in [0.2, 0.25) is 0 Å². The van der Waals surface area contributed by atoms with Gasteiger partial charge in [-0.25, -0.2) is 0 Å². The molecule has 0 bridgehead atoms. The summed E-state index contributed by atoms with van der Waals surface area (Å²) in [6.07, 6.45) is 3.84. The standard InChI is InChI=1S/C19H24N2O3/c1-12(2)24-16-10-9-15(14-6-5-11-20-17(14)16)21-18(22)19(3,23-4)13-7-8-13/h5-6,9-13H,7-8H2,1-4H3,(H,21,22). The van der Waals surface area contributed by atoms with Crippen molar-refractivity contribution in [2.45, 2.75) is 45.3 Å². The zero-order valence-electron chi connectivity index (χ0n) is 14.6. The Morgan fingerprint density at radius 3 is 2.71 bits per heavy atom. The maximum absolute atomic E-state index is 12.8. The van der Waals surface area contributed by atoms with Crippen LogP contribution in [0, 0.1) is 5.92 Å². The van der Waals surface area contributed by atoms with E-state index >= 15 is 0 Å². The van der Waals surface area contributed by atoms with Crippen molar-refractivity contribution in [2.75, 3.05) is 12.4 Å². The molecule has 0 spiro atoms. The molecule has 1 heterocycles. The van der Waals surface area contributed by atoms with Gasteiger partial charge in [0.15, 0.2) is 0 Å². The molecule has 1 atom stereocenters. The Hall–Kier alpha value is -2.14. The molecule has 1 aromatic heterocycles. The molecule has 1 saturated carbocycles. The molecular weight excluding hydrogens is 304 g/mol. The molecule has 5 heteroatoms. The number of anilines is 1. The predicted octanol–water partition coefficient (Wildman–Crippen LogP) is 3.78. The highest BCUT2D eigenvalue weighted by Gasteiger charge is 2.47. The van der Waals surface area contributed by atoms with Gasteiger partial charge in [-0.2, -0.15) is 0 Å². The normalized spacial score (nSPS) is 16.9. The van der Waals surface area contributed by atoms with Crippen molar-refractivity contribution in [2.24, 2.45) is 5.92 Å². The van der Waals surface area contributed by atoms with Gasteiger partial charge in [0, 0.05) is 18.7 Å². The van der Waals surface area contributed by atoms with Crippen LogP contribution in [0.5, 0.6) is 5.75 Å². The fourth-order valence-electron chi connectivity index (χ4n) is 2.93. The number of fused-ring (bicyclic) bond motifs is 1. The van der Waals surface area contributed by atoms with Crippen molar-refractivity contribution in [1.82, 2.24) is 4.98 Å². The molecule has 0 aliphatic heterocycles. The zero-order chi connectivity index (χ0) is 17.3. The molecule has 128 valence electrons. The first kappa shape index (κ1) is 16.7. The number of nitrogens with one attached hydrogen (secondary N) is 1. The number of pyridine rings is 1. The lowest BCUT2D eigenvalue weighted by Gasteiger charge is -2.27. The van der Waals surface area contributed by atoms with E-state index in [0.29, 0.717) is 0 Å². The monoisotopic (exact) mass is 328 g/mol. The van der Waals surface area contributed by atoms with Gasteiger partial charge in [-0.15, -0.1) is 0 Å². The molecule has 2 aromatic rings. The average molecular weight is 328 g/mol. The van der Waals surface area contributed by atoms with Crippen molar-refractivity contribution >= 4 is 22.5 Å². The predicted molar refractivity (Wildman–Crippen MR) is 94.3 cm³/mol. The Bertz CT molecular complexity index is 755. The topological polar surface area (TPSA) is 60.5 Å². The summed E-state index contributed by atoms with van der Waals surface area (Å²) in [5.41, 5.74) is 0.680. The second-order valence-corrected chi connectivity index (χ2v) is 6.72. The number of nitrogens with zero attached hydrogens (tertiary/aromatic N) is 1. The fraction of sp³-hybridized carbons (Fsp3) is 0.474. The minimum absolute atomic E-state index is 0.0577. The van der Waals surface area contributed by atoms with Crippen LogP contribution in [0.2, 0.25) is 0 Å². The van der Waals surface area contributed by atoms with Crippen LogP contribution in [-0.4, -0.2) is 29.7 Å². The molecule has 0 saturated heterocycles. The number of rotatable bonds is 6. The van der Waals surface area contributed by atoms with Crippen LogP contribution < -0.4 is 10.1 Å². The Morgan fingerprint density at radius 1 is 1.33 bits per heavy atom. The van der Waals surface area contributed by atoms with E-state index in [4.69, 9.17) is 9.47 Å². The van der Waals surface area contributed by atoms with Crippen molar-refractivity contribution in [3.05, 3.63) is 30.5 Å². The maximum Gasteiger partial charge on any atom is 0.256 e. The summed E-state index contributed by atoms with van der Waals surface area (Å²) in [4.78, 5) is 17.2. The van der Waals surface area contributed by atoms with E-state index in [-0.39, 0.29) is 17.9 Å². The summed E-state index contributed by atoms with van der Waals surface area (Å²) in [5.74, 6) is 0.890. The number of ether oxygens (including phenoxy) is 2. The van der Waals surface area contributed by atoms with E-state index in [1.54, 1.807) is 13.3 Å². The quantitative estimate of drug-likeness (QED) is 0.877. The molecule has 1 unspecified atom stereocenters. The van der Waals surface area contributed by atoms with Crippen molar-refractivity contribution in [1.29, 1.82) is 0 Å².